The van der Waals surface area contributed by atoms with E-state index in [4.69, 9.17) is 0 Å². The largest absolute Gasteiger partial charge is 0.352 e. The minimum Gasteiger partial charge on any atom is -0.352 e. The third-order valence-electron chi connectivity index (χ3n) is 5.95. The summed E-state index contributed by atoms with van der Waals surface area (Å²) in [5.41, 5.74) is 3.06. The zero-order valence-corrected chi connectivity index (χ0v) is 24.5. The van der Waals surface area contributed by atoms with E-state index >= 15 is 0 Å². The topological polar surface area (TPSA) is 86.8 Å². The van der Waals surface area contributed by atoms with Crippen molar-refractivity contribution in [1.29, 1.82) is 0 Å². The van der Waals surface area contributed by atoms with E-state index in [1.165, 1.54) is 4.90 Å². The summed E-state index contributed by atoms with van der Waals surface area (Å²) in [6.45, 7) is 5.32. The molecule has 3 aromatic carbocycles. The molecule has 1 atom stereocenters. The van der Waals surface area contributed by atoms with E-state index in [2.05, 4.69) is 21.2 Å². The highest BCUT2D eigenvalue weighted by Gasteiger charge is 2.33. The number of hydrogen-bond donors (Lipinski definition) is 1. The molecule has 0 spiro atoms. The number of carbonyl (C=O) groups excluding carboxylic acids is 2. The molecule has 2 amide bonds. The highest BCUT2D eigenvalue weighted by Crippen LogP contribution is 2.22. The molecule has 0 saturated carbocycles. The number of anilines is 1. The number of amides is 2. The lowest BCUT2D eigenvalue weighted by Crippen LogP contribution is -2.54. The molecule has 0 bridgehead atoms. The molecule has 38 heavy (non-hydrogen) atoms. The summed E-state index contributed by atoms with van der Waals surface area (Å²) in [5.74, 6) is -0.774. The minimum atomic E-state index is -3.79. The quantitative estimate of drug-likeness (QED) is 0.346. The fraction of sp³-hybridized carbons (Fsp3) is 0.310. The maximum absolute atomic E-state index is 14.0. The van der Waals surface area contributed by atoms with Crippen LogP contribution in [0.1, 0.15) is 30.5 Å². The first-order chi connectivity index (χ1) is 17.9. The predicted molar refractivity (Wildman–Crippen MR) is 155 cm³/mol. The van der Waals surface area contributed by atoms with Gasteiger partial charge in [0.25, 0.3) is 0 Å². The zero-order chi connectivity index (χ0) is 27.9. The number of nitrogens with one attached hydrogen (secondary N) is 1. The lowest BCUT2D eigenvalue weighted by Gasteiger charge is -2.34. The number of hydrogen-bond acceptors (Lipinski definition) is 4. The standard InChI is InChI=1S/C29H34BrN3O4S/c1-21(2)31-29(35)27(18-23-9-6-5-7-10-23)32(19-24-11-8-12-25(30)17-24)28(34)20-33(38(4,36)37)26-15-13-22(3)14-16-26/h5-17,21,27H,18-20H2,1-4H3,(H,31,35)/t27-/m0/s1. The van der Waals surface area contributed by atoms with Crippen LogP contribution in [0.4, 0.5) is 5.69 Å². The molecule has 202 valence electrons. The van der Waals surface area contributed by atoms with Crippen molar-refractivity contribution in [3.05, 3.63) is 100 Å². The molecule has 7 nitrogen and oxygen atoms in total. The van der Waals surface area contributed by atoms with Gasteiger partial charge in [0.1, 0.15) is 12.6 Å². The van der Waals surface area contributed by atoms with Gasteiger partial charge in [-0.2, -0.15) is 0 Å². The van der Waals surface area contributed by atoms with E-state index in [9.17, 15) is 18.0 Å². The molecular weight excluding hydrogens is 566 g/mol. The van der Waals surface area contributed by atoms with E-state index < -0.39 is 28.5 Å². The summed E-state index contributed by atoms with van der Waals surface area (Å²) in [5, 5.41) is 2.94. The van der Waals surface area contributed by atoms with Gasteiger partial charge in [0.15, 0.2) is 0 Å². The molecule has 1 N–H and O–H groups in total. The number of nitrogens with zero attached hydrogens (tertiary/aromatic N) is 2. The molecular formula is C29H34BrN3O4S. The summed E-state index contributed by atoms with van der Waals surface area (Å²) in [7, 11) is -3.79. The van der Waals surface area contributed by atoms with Crippen LogP contribution in [0.5, 0.6) is 0 Å². The highest BCUT2D eigenvalue weighted by molar-refractivity contribution is 9.10. The Balaban J connectivity index is 2.05. The van der Waals surface area contributed by atoms with Crippen LogP contribution in [0.25, 0.3) is 0 Å². The Morgan fingerprint density at radius 2 is 1.55 bits per heavy atom. The first kappa shape index (κ1) is 29.4. The molecule has 0 aromatic heterocycles. The van der Waals surface area contributed by atoms with Crippen LogP contribution in [0, 0.1) is 6.92 Å². The number of halogens is 1. The van der Waals surface area contributed by atoms with Gasteiger partial charge in [0.05, 0.1) is 11.9 Å². The van der Waals surface area contributed by atoms with Gasteiger partial charge < -0.3 is 10.2 Å². The van der Waals surface area contributed by atoms with Crippen molar-refractivity contribution in [3.63, 3.8) is 0 Å². The second kappa shape index (κ2) is 13.1. The summed E-state index contributed by atoms with van der Waals surface area (Å²) < 4.78 is 27.5. The molecule has 0 aliphatic rings. The summed E-state index contributed by atoms with van der Waals surface area (Å²) >= 11 is 3.47. The third-order valence-corrected chi connectivity index (χ3v) is 7.58. The maximum atomic E-state index is 14.0. The second-order valence-corrected chi connectivity index (χ2v) is 12.4. The van der Waals surface area contributed by atoms with Gasteiger partial charge in [-0.15, -0.1) is 0 Å². The van der Waals surface area contributed by atoms with E-state index in [1.807, 2.05) is 75.4 Å². The minimum absolute atomic E-state index is 0.132. The van der Waals surface area contributed by atoms with Crippen molar-refractivity contribution in [2.45, 2.75) is 45.8 Å². The van der Waals surface area contributed by atoms with Crippen molar-refractivity contribution in [2.75, 3.05) is 17.1 Å². The highest BCUT2D eigenvalue weighted by atomic mass is 79.9. The molecule has 0 aliphatic heterocycles. The fourth-order valence-corrected chi connectivity index (χ4v) is 5.39. The van der Waals surface area contributed by atoms with Crippen LogP contribution in [-0.4, -0.2) is 50.0 Å². The van der Waals surface area contributed by atoms with Crippen LogP contribution in [0.15, 0.2) is 83.3 Å². The van der Waals surface area contributed by atoms with Crippen LogP contribution >= 0.6 is 15.9 Å². The van der Waals surface area contributed by atoms with E-state index in [0.29, 0.717) is 5.69 Å². The number of carbonyl (C=O) groups is 2. The summed E-state index contributed by atoms with van der Waals surface area (Å²) in [4.78, 5) is 29.0. The second-order valence-electron chi connectivity index (χ2n) is 9.63. The average Bonchev–Trinajstić information content (AvgIpc) is 2.85. The van der Waals surface area contributed by atoms with Crippen molar-refractivity contribution in [3.8, 4) is 0 Å². The van der Waals surface area contributed by atoms with Crippen LogP contribution in [0.3, 0.4) is 0 Å². The Labute approximate surface area is 234 Å². The van der Waals surface area contributed by atoms with E-state index in [-0.39, 0.29) is 24.9 Å². The third kappa shape index (κ3) is 8.43. The van der Waals surface area contributed by atoms with E-state index in [0.717, 1.165) is 31.7 Å². The van der Waals surface area contributed by atoms with Gasteiger partial charge >= 0.3 is 0 Å². The van der Waals surface area contributed by atoms with Crippen molar-refractivity contribution >= 4 is 43.5 Å². The molecule has 0 aliphatic carbocycles. The molecule has 0 fully saturated rings. The molecule has 0 radical (unpaired) electrons. The summed E-state index contributed by atoms with van der Waals surface area (Å²) in [6, 6.07) is 22.9. The summed E-state index contributed by atoms with van der Waals surface area (Å²) in [6.07, 6.45) is 1.36. The monoisotopic (exact) mass is 599 g/mol. The van der Waals surface area contributed by atoms with Gasteiger partial charge in [-0.05, 0) is 56.2 Å². The predicted octanol–water partition coefficient (Wildman–Crippen LogP) is 4.69. The first-order valence-corrected chi connectivity index (χ1v) is 15.0. The average molecular weight is 601 g/mol. The SMILES string of the molecule is Cc1ccc(N(CC(=O)N(Cc2cccc(Br)c2)[C@@H](Cc2ccccc2)C(=O)NC(C)C)S(C)(=O)=O)cc1. The smallest absolute Gasteiger partial charge is 0.244 e. The normalized spacial score (nSPS) is 12.2. The first-order valence-electron chi connectivity index (χ1n) is 12.4. The van der Waals surface area contributed by atoms with Gasteiger partial charge in [-0.1, -0.05) is 76.1 Å². The van der Waals surface area contributed by atoms with Gasteiger partial charge in [0, 0.05) is 23.5 Å². The van der Waals surface area contributed by atoms with Gasteiger partial charge in [-0.25, -0.2) is 8.42 Å². The van der Waals surface area contributed by atoms with Gasteiger partial charge in [-0.3, -0.25) is 13.9 Å². The molecule has 0 unspecified atom stereocenters. The Hall–Kier alpha value is -3.17. The lowest BCUT2D eigenvalue weighted by atomic mass is 10.0. The van der Waals surface area contributed by atoms with Crippen LogP contribution in [0.2, 0.25) is 0 Å². The van der Waals surface area contributed by atoms with Crippen LogP contribution < -0.4 is 9.62 Å². The van der Waals surface area contributed by atoms with Crippen LogP contribution in [-0.2, 0) is 32.6 Å². The number of aryl methyl sites for hydroxylation is 1. The maximum Gasteiger partial charge on any atom is 0.244 e. The van der Waals surface area contributed by atoms with Gasteiger partial charge in [0.2, 0.25) is 21.8 Å². The lowest BCUT2D eigenvalue weighted by molar-refractivity contribution is -0.140. The molecule has 9 heteroatoms. The molecule has 0 saturated heterocycles. The zero-order valence-electron chi connectivity index (χ0n) is 22.1. The fourth-order valence-electron chi connectivity index (χ4n) is 4.09. The number of sulfonamides is 1. The molecule has 0 heterocycles. The Kier molecular flexibility index (Phi) is 10.1. The van der Waals surface area contributed by atoms with E-state index in [1.54, 1.807) is 24.3 Å². The Morgan fingerprint density at radius 3 is 2.13 bits per heavy atom. The number of rotatable bonds is 11. The van der Waals surface area contributed by atoms with Crippen molar-refractivity contribution < 1.29 is 18.0 Å². The van der Waals surface area contributed by atoms with Crippen molar-refractivity contribution in [2.24, 2.45) is 0 Å². The Morgan fingerprint density at radius 1 is 0.921 bits per heavy atom. The molecule has 3 aromatic rings. The Bertz CT molecular complexity index is 1350. The number of benzene rings is 3. The molecule has 3 rings (SSSR count). The van der Waals surface area contributed by atoms with Crippen molar-refractivity contribution in [1.82, 2.24) is 10.2 Å².